The Hall–Kier alpha value is -2.64. The molecule has 1 aromatic heterocycles. The van der Waals surface area contributed by atoms with E-state index in [9.17, 15) is 9.59 Å². The number of hydrogen-bond donors (Lipinski definition) is 3. The number of carbonyl (C=O) groups excluding carboxylic acids is 2. The average Bonchev–Trinajstić information content (AvgIpc) is 3.18. The van der Waals surface area contributed by atoms with Crippen LogP contribution in [0, 0.1) is 5.41 Å². The molecular formula is C19H23N3O4. The van der Waals surface area contributed by atoms with E-state index < -0.39 is 5.41 Å². The summed E-state index contributed by atoms with van der Waals surface area (Å²) in [6.07, 6.45) is 4.28. The van der Waals surface area contributed by atoms with Gasteiger partial charge in [-0.3, -0.25) is 9.59 Å². The second-order valence-corrected chi connectivity index (χ2v) is 6.46. The van der Waals surface area contributed by atoms with E-state index in [1.807, 2.05) is 0 Å². The highest BCUT2D eigenvalue weighted by atomic mass is 16.5. The van der Waals surface area contributed by atoms with Crippen molar-refractivity contribution in [2.45, 2.75) is 12.8 Å². The van der Waals surface area contributed by atoms with E-state index in [0.717, 1.165) is 25.9 Å². The summed E-state index contributed by atoms with van der Waals surface area (Å²) in [6.45, 7) is 1.96. The van der Waals surface area contributed by atoms with Gasteiger partial charge in [0, 0.05) is 18.5 Å². The summed E-state index contributed by atoms with van der Waals surface area (Å²) in [6, 6.07) is 8.67. The number of carbonyl (C=O) groups is 2. The summed E-state index contributed by atoms with van der Waals surface area (Å²) in [4.78, 5) is 25.0. The molecule has 2 heterocycles. The highest BCUT2D eigenvalue weighted by molar-refractivity contribution is 6.04. The summed E-state index contributed by atoms with van der Waals surface area (Å²) in [5.41, 5.74) is 1.14. The van der Waals surface area contributed by atoms with E-state index in [-0.39, 0.29) is 11.8 Å². The second-order valence-electron chi connectivity index (χ2n) is 6.46. The molecule has 1 fully saturated rings. The zero-order valence-electron chi connectivity index (χ0n) is 14.7. The molecule has 0 unspecified atom stereocenters. The zero-order valence-corrected chi connectivity index (χ0v) is 14.7. The van der Waals surface area contributed by atoms with E-state index in [4.69, 9.17) is 9.15 Å². The molecule has 26 heavy (non-hydrogen) atoms. The monoisotopic (exact) mass is 357 g/mol. The summed E-state index contributed by atoms with van der Waals surface area (Å²) in [7, 11) is 1.61. The Morgan fingerprint density at radius 3 is 2.58 bits per heavy atom. The second kappa shape index (κ2) is 8.16. The quantitative estimate of drug-likeness (QED) is 0.739. The molecule has 138 valence electrons. The van der Waals surface area contributed by atoms with Gasteiger partial charge in [-0.05, 0) is 50.2 Å². The summed E-state index contributed by atoms with van der Waals surface area (Å²) >= 11 is 0. The van der Waals surface area contributed by atoms with Gasteiger partial charge >= 0.3 is 0 Å². The van der Waals surface area contributed by atoms with Gasteiger partial charge in [0.2, 0.25) is 5.91 Å². The number of piperidine rings is 1. The van der Waals surface area contributed by atoms with Crippen LogP contribution in [0.5, 0.6) is 0 Å². The Balaban J connectivity index is 1.69. The predicted molar refractivity (Wildman–Crippen MR) is 98.1 cm³/mol. The van der Waals surface area contributed by atoms with Crippen LogP contribution < -0.4 is 16.0 Å². The van der Waals surface area contributed by atoms with Gasteiger partial charge in [-0.25, -0.2) is 0 Å². The van der Waals surface area contributed by atoms with Crippen molar-refractivity contribution in [3.05, 3.63) is 48.4 Å². The third-order valence-electron chi connectivity index (χ3n) is 4.62. The number of methoxy groups -OCH3 is 1. The van der Waals surface area contributed by atoms with Crippen LogP contribution in [0.4, 0.5) is 11.4 Å². The van der Waals surface area contributed by atoms with Crippen LogP contribution in [0.25, 0.3) is 0 Å². The van der Waals surface area contributed by atoms with Gasteiger partial charge < -0.3 is 25.1 Å². The maximum atomic E-state index is 12.9. The molecule has 1 saturated heterocycles. The molecule has 1 aliphatic heterocycles. The SMILES string of the molecule is COCC1(C(=O)Nc2cccc(NC(=O)c3ccoc3)c2)CCNCC1. The number of hydrogen-bond acceptors (Lipinski definition) is 5. The Kier molecular flexibility index (Phi) is 5.70. The van der Waals surface area contributed by atoms with Crippen molar-refractivity contribution in [1.29, 1.82) is 0 Å². The molecule has 0 atom stereocenters. The van der Waals surface area contributed by atoms with Gasteiger partial charge in [0.15, 0.2) is 0 Å². The van der Waals surface area contributed by atoms with Crippen molar-refractivity contribution >= 4 is 23.2 Å². The fourth-order valence-electron chi connectivity index (χ4n) is 3.15. The number of furan rings is 1. The van der Waals surface area contributed by atoms with Gasteiger partial charge in [0.1, 0.15) is 6.26 Å². The zero-order chi connectivity index (χ0) is 18.4. The van der Waals surface area contributed by atoms with Gasteiger partial charge in [-0.15, -0.1) is 0 Å². The van der Waals surface area contributed by atoms with Crippen LogP contribution in [0.1, 0.15) is 23.2 Å². The minimum absolute atomic E-state index is 0.0563. The molecule has 3 N–H and O–H groups in total. The van der Waals surface area contributed by atoms with Crippen LogP contribution in [-0.4, -0.2) is 38.6 Å². The standard InChI is InChI=1S/C19H23N3O4/c1-25-13-19(6-8-20-9-7-19)18(24)22-16-4-2-3-15(11-16)21-17(23)14-5-10-26-12-14/h2-5,10-12,20H,6-9,13H2,1H3,(H,21,23)(H,22,24). The van der Waals surface area contributed by atoms with Gasteiger partial charge in [0.25, 0.3) is 5.91 Å². The first-order chi connectivity index (χ1) is 12.6. The highest BCUT2D eigenvalue weighted by Gasteiger charge is 2.39. The number of rotatable bonds is 6. The fourth-order valence-corrected chi connectivity index (χ4v) is 3.15. The Morgan fingerprint density at radius 2 is 1.92 bits per heavy atom. The maximum absolute atomic E-state index is 12.9. The first-order valence-corrected chi connectivity index (χ1v) is 8.58. The molecule has 0 bridgehead atoms. The topological polar surface area (TPSA) is 92.6 Å². The summed E-state index contributed by atoms with van der Waals surface area (Å²) in [5, 5.41) is 9.03. The van der Waals surface area contributed by atoms with Gasteiger partial charge in [-0.1, -0.05) is 6.07 Å². The lowest BCUT2D eigenvalue weighted by molar-refractivity contribution is -0.130. The normalized spacial score (nSPS) is 16.0. The van der Waals surface area contributed by atoms with Crippen molar-refractivity contribution in [3.63, 3.8) is 0 Å². The first kappa shape index (κ1) is 18.2. The minimum Gasteiger partial charge on any atom is -0.472 e. The lowest BCUT2D eigenvalue weighted by Crippen LogP contribution is -2.47. The summed E-state index contributed by atoms with van der Waals surface area (Å²) in [5.74, 6) is -0.324. The van der Waals surface area contributed by atoms with E-state index in [1.54, 1.807) is 37.4 Å². The fraction of sp³-hybridized carbons (Fsp3) is 0.368. The Morgan fingerprint density at radius 1 is 1.19 bits per heavy atom. The third-order valence-corrected chi connectivity index (χ3v) is 4.62. The molecule has 2 amide bonds. The number of ether oxygens (including phenoxy) is 1. The molecule has 0 spiro atoms. The van der Waals surface area contributed by atoms with Crippen LogP contribution in [0.15, 0.2) is 47.3 Å². The van der Waals surface area contributed by atoms with Crippen molar-refractivity contribution in [2.75, 3.05) is 37.4 Å². The predicted octanol–water partition coefficient (Wildman–Crippen LogP) is 2.49. The number of nitrogens with one attached hydrogen (secondary N) is 3. The van der Waals surface area contributed by atoms with Crippen molar-refractivity contribution in [3.8, 4) is 0 Å². The lowest BCUT2D eigenvalue weighted by atomic mass is 9.78. The molecule has 7 heteroatoms. The van der Waals surface area contributed by atoms with Crippen LogP contribution in [0.2, 0.25) is 0 Å². The molecule has 7 nitrogen and oxygen atoms in total. The van der Waals surface area contributed by atoms with E-state index in [0.29, 0.717) is 23.5 Å². The van der Waals surface area contributed by atoms with Crippen molar-refractivity contribution in [2.24, 2.45) is 5.41 Å². The lowest BCUT2D eigenvalue weighted by Gasteiger charge is -2.35. The smallest absolute Gasteiger partial charge is 0.258 e. The molecular weight excluding hydrogens is 334 g/mol. The highest BCUT2D eigenvalue weighted by Crippen LogP contribution is 2.31. The first-order valence-electron chi connectivity index (χ1n) is 8.58. The molecule has 2 aromatic rings. The Labute approximate surface area is 152 Å². The summed E-state index contributed by atoms with van der Waals surface area (Å²) < 4.78 is 10.2. The molecule has 0 aliphatic carbocycles. The van der Waals surface area contributed by atoms with E-state index in [2.05, 4.69) is 16.0 Å². The van der Waals surface area contributed by atoms with Gasteiger partial charge in [0.05, 0.1) is 23.8 Å². The van der Waals surface area contributed by atoms with Crippen LogP contribution in [0.3, 0.4) is 0 Å². The molecule has 3 rings (SSSR count). The Bertz CT molecular complexity index is 746. The van der Waals surface area contributed by atoms with Crippen molar-refractivity contribution in [1.82, 2.24) is 5.32 Å². The minimum atomic E-state index is -0.532. The maximum Gasteiger partial charge on any atom is 0.258 e. The van der Waals surface area contributed by atoms with E-state index in [1.165, 1.54) is 12.5 Å². The van der Waals surface area contributed by atoms with Crippen LogP contribution in [-0.2, 0) is 9.53 Å². The van der Waals surface area contributed by atoms with Crippen molar-refractivity contribution < 1.29 is 18.7 Å². The molecule has 1 aliphatic rings. The van der Waals surface area contributed by atoms with Gasteiger partial charge in [-0.2, -0.15) is 0 Å². The average molecular weight is 357 g/mol. The van der Waals surface area contributed by atoms with E-state index >= 15 is 0 Å². The number of anilines is 2. The molecule has 1 aromatic carbocycles. The molecule has 0 radical (unpaired) electrons. The number of amides is 2. The third kappa shape index (κ3) is 4.12. The molecule has 0 saturated carbocycles. The number of benzene rings is 1. The largest absolute Gasteiger partial charge is 0.472 e. The van der Waals surface area contributed by atoms with Crippen LogP contribution >= 0.6 is 0 Å².